The summed E-state index contributed by atoms with van der Waals surface area (Å²) >= 11 is 1.63. The van der Waals surface area contributed by atoms with Gasteiger partial charge in [0.2, 0.25) is 0 Å². The van der Waals surface area contributed by atoms with Crippen LogP contribution in [0, 0.1) is 11.3 Å². The maximum Gasteiger partial charge on any atom is 0.0998 e. The van der Waals surface area contributed by atoms with E-state index >= 15 is 0 Å². The number of allylic oxidation sites excluding steroid dienone is 1. The third-order valence-electron chi connectivity index (χ3n) is 2.64. The van der Waals surface area contributed by atoms with Gasteiger partial charge in [0.05, 0.1) is 11.6 Å². The molecular formula is C15H14N2S. The Hall–Kier alpha value is -2.05. The molecule has 3 heteroatoms. The number of anilines is 1. The molecule has 0 bridgehead atoms. The van der Waals surface area contributed by atoms with E-state index in [-0.39, 0.29) is 0 Å². The maximum atomic E-state index is 9.23. The van der Waals surface area contributed by atoms with E-state index in [2.05, 4.69) is 6.07 Å². The molecule has 0 saturated heterocycles. The lowest BCUT2D eigenvalue weighted by Crippen LogP contribution is -2.08. The molecular weight excluding hydrogens is 240 g/mol. The van der Waals surface area contributed by atoms with E-state index in [9.17, 15) is 5.26 Å². The van der Waals surface area contributed by atoms with Gasteiger partial charge in [0.25, 0.3) is 0 Å². The Labute approximate surface area is 111 Å². The Morgan fingerprint density at radius 2 is 1.94 bits per heavy atom. The molecule has 2 rings (SSSR count). The van der Waals surface area contributed by atoms with Gasteiger partial charge in [0.1, 0.15) is 0 Å². The third-order valence-corrected chi connectivity index (χ3v) is 3.46. The van der Waals surface area contributed by atoms with Crippen molar-refractivity contribution in [3.05, 3.63) is 52.2 Å². The second-order valence-corrected chi connectivity index (χ2v) is 5.11. The lowest BCUT2D eigenvalue weighted by atomic mass is 10.1. The molecule has 0 aliphatic heterocycles. The van der Waals surface area contributed by atoms with Crippen LogP contribution < -0.4 is 4.90 Å². The van der Waals surface area contributed by atoms with Crippen molar-refractivity contribution in [2.75, 3.05) is 19.0 Å². The molecule has 1 heterocycles. The predicted octanol–water partition coefficient (Wildman–Crippen LogP) is 3.88. The zero-order chi connectivity index (χ0) is 13.0. The first-order chi connectivity index (χ1) is 8.70. The molecule has 1 aromatic heterocycles. The van der Waals surface area contributed by atoms with Gasteiger partial charge in [-0.15, -0.1) is 11.3 Å². The van der Waals surface area contributed by atoms with Crippen molar-refractivity contribution < 1.29 is 0 Å². The van der Waals surface area contributed by atoms with Crippen LogP contribution in [0.25, 0.3) is 11.6 Å². The highest BCUT2D eigenvalue weighted by atomic mass is 32.1. The third kappa shape index (κ3) is 2.79. The second kappa shape index (κ2) is 5.52. The number of hydrogen-bond acceptors (Lipinski definition) is 3. The summed E-state index contributed by atoms with van der Waals surface area (Å²) in [4.78, 5) is 3.14. The highest BCUT2D eigenvalue weighted by Crippen LogP contribution is 2.22. The van der Waals surface area contributed by atoms with Crippen LogP contribution in [-0.4, -0.2) is 14.1 Å². The maximum absolute atomic E-state index is 9.23. The molecule has 0 aliphatic carbocycles. The lowest BCUT2D eigenvalue weighted by Gasteiger charge is -2.12. The molecule has 2 nitrogen and oxygen atoms in total. The van der Waals surface area contributed by atoms with Gasteiger partial charge in [-0.1, -0.05) is 18.2 Å². The van der Waals surface area contributed by atoms with Crippen molar-refractivity contribution in [3.63, 3.8) is 0 Å². The zero-order valence-corrected chi connectivity index (χ0v) is 11.2. The van der Waals surface area contributed by atoms with Crippen molar-refractivity contribution in [3.8, 4) is 6.07 Å². The fourth-order valence-corrected chi connectivity index (χ4v) is 2.29. The molecule has 0 amide bonds. The van der Waals surface area contributed by atoms with Crippen molar-refractivity contribution >= 4 is 28.7 Å². The Morgan fingerprint density at radius 1 is 1.22 bits per heavy atom. The van der Waals surface area contributed by atoms with E-state index in [0.29, 0.717) is 5.57 Å². The van der Waals surface area contributed by atoms with E-state index in [0.717, 1.165) is 16.1 Å². The predicted molar refractivity (Wildman–Crippen MR) is 78.6 cm³/mol. The van der Waals surface area contributed by atoms with Crippen LogP contribution in [0.2, 0.25) is 0 Å². The number of hydrogen-bond donors (Lipinski definition) is 0. The minimum atomic E-state index is 0.697. The summed E-state index contributed by atoms with van der Waals surface area (Å²) in [5.74, 6) is 0. The van der Waals surface area contributed by atoms with Crippen LogP contribution in [0.3, 0.4) is 0 Å². The molecule has 0 radical (unpaired) electrons. The Bertz CT molecular complexity index is 572. The molecule has 0 aliphatic rings. The average Bonchev–Trinajstić information content (AvgIpc) is 2.89. The monoisotopic (exact) mass is 254 g/mol. The number of rotatable bonds is 3. The molecule has 0 spiro atoms. The van der Waals surface area contributed by atoms with Crippen LogP contribution in [0.4, 0.5) is 5.69 Å². The molecule has 0 unspecified atom stereocenters. The summed E-state index contributed by atoms with van der Waals surface area (Å²) in [6, 6.07) is 14.3. The first kappa shape index (κ1) is 12.4. The molecule has 1 aromatic carbocycles. The standard InChI is InChI=1S/C15H14N2S/c1-17(2)14-7-5-12(6-8-14)13(11-16)10-15-4-3-9-18-15/h3-10H,1-2H3. The smallest absolute Gasteiger partial charge is 0.0998 e. The largest absolute Gasteiger partial charge is 0.378 e. The van der Waals surface area contributed by atoms with E-state index < -0.39 is 0 Å². The van der Waals surface area contributed by atoms with Crippen LogP contribution in [0.1, 0.15) is 10.4 Å². The average molecular weight is 254 g/mol. The van der Waals surface area contributed by atoms with Gasteiger partial charge >= 0.3 is 0 Å². The molecule has 90 valence electrons. The highest BCUT2D eigenvalue weighted by molar-refractivity contribution is 7.10. The van der Waals surface area contributed by atoms with Crippen LogP contribution in [0.5, 0.6) is 0 Å². The summed E-state index contributed by atoms with van der Waals surface area (Å²) in [6.07, 6.45) is 1.93. The molecule has 0 atom stereocenters. The highest BCUT2D eigenvalue weighted by Gasteiger charge is 2.02. The minimum absolute atomic E-state index is 0.697. The quantitative estimate of drug-likeness (QED) is 0.777. The summed E-state index contributed by atoms with van der Waals surface area (Å²) in [5.41, 5.74) is 2.78. The molecule has 0 saturated carbocycles. The summed E-state index contributed by atoms with van der Waals surface area (Å²) in [5, 5.41) is 11.2. The van der Waals surface area contributed by atoms with Gasteiger partial charge in [-0.2, -0.15) is 5.26 Å². The molecule has 0 fully saturated rings. The Balaban J connectivity index is 2.32. The van der Waals surface area contributed by atoms with Crippen molar-refractivity contribution in [1.82, 2.24) is 0 Å². The summed E-state index contributed by atoms with van der Waals surface area (Å²) < 4.78 is 0. The minimum Gasteiger partial charge on any atom is -0.378 e. The number of nitriles is 1. The van der Waals surface area contributed by atoms with E-state index in [1.165, 1.54) is 0 Å². The Kier molecular flexibility index (Phi) is 3.81. The van der Waals surface area contributed by atoms with E-state index in [1.807, 2.05) is 66.8 Å². The second-order valence-electron chi connectivity index (χ2n) is 4.13. The first-order valence-electron chi connectivity index (χ1n) is 5.64. The number of benzene rings is 1. The Morgan fingerprint density at radius 3 is 2.44 bits per heavy atom. The zero-order valence-electron chi connectivity index (χ0n) is 10.4. The van der Waals surface area contributed by atoms with E-state index in [4.69, 9.17) is 0 Å². The van der Waals surface area contributed by atoms with Gasteiger partial charge in [-0.3, -0.25) is 0 Å². The molecule has 2 aromatic rings. The SMILES string of the molecule is CN(C)c1ccc(C(C#N)=Cc2cccs2)cc1. The van der Waals surface area contributed by atoms with Gasteiger partial charge in [-0.25, -0.2) is 0 Å². The summed E-state index contributed by atoms with van der Waals surface area (Å²) in [6.45, 7) is 0. The fraction of sp³-hybridized carbons (Fsp3) is 0.133. The van der Waals surface area contributed by atoms with E-state index in [1.54, 1.807) is 11.3 Å². The van der Waals surface area contributed by atoms with Gasteiger partial charge < -0.3 is 4.90 Å². The van der Waals surface area contributed by atoms with Crippen LogP contribution >= 0.6 is 11.3 Å². The topological polar surface area (TPSA) is 27.0 Å². The van der Waals surface area contributed by atoms with Crippen LogP contribution in [-0.2, 0) is 0 Å². The van der Waals surface area contributed by atoms with Crippen molar-refractivity contribution in [2.45, 2.75) is 0 Å². The van der Waals surface area contributed by atoms with Gasteiger partial charge in [-0.05, 0) is 35.2 Å². The lowest BCUT2D eigenvalue weighted by molar-refractivity contribution is 1.13. The van der Waals surface area contributed by atoms with Crippen molar-refractivity contribution in [2.24, 2.45) is 0 Å². The number of thiophene rings is 1. The fourth-order valence-electron chi connectivity index (χ4n) is 1.63. The summed E-state index contributed by atoms with van der Waals surface area (Å²) in [7, 11) is 4.00. The van der Waals surface area contributed by atoms with Gasteiger partial charge in [0.15, 0.2) is 0 Å². The van der Waals surface area contributed by atoms with Crippen LogP contribution in [0.15, 0.2) is 41.8 Å². The normalized spacial score (nSPS) is 11.1. The first-order valence-corrected chi connectivity index (χ1v) is 6.52. The molecule has 18 heavy (non-hydrogen) atoms. The number of nitrogens with zero attached hydrogens (tertiary/aromatic N) is 2. The van der Waals surface area contributed by atoms with Crippen molar-refractivity contribution in [1.29, 1.82) is 5.26 Å². The molecule has 0 N–H and O–H groups in total. The van der Waals surface area contributed by atoms with Gasteiger partial charge in [0, 0.05) is 24.7 Å².